The van der Waals surface area contributed by atoms with Gasteiger partial charge in [0, 0.05) is 5.25 Å². The maximum atomic E-state index is 12.7. The van der Waals surface area contributed by atoms with E-state index in [9.17, 15) is 9.50 Å². The summed E-state index contributed by atoms with van der Waals surface area (Å²) in [5.74, 6) is 0.713. The molecule has 1 aromatic rings. The van der Waals surface area contributed by atoms with Crippen LogP contribution in [0.15, 0.2) is 24.3 Å². The molecule has 2 rings (SSSR count). The van der Waals surface area contributed by atoms with Crippen LogP contribution in [-0.4, -0.2) is 16.1 Å². The van der Waals surface area contributed by atoms with Crippen LogP contribution in [0.4, 0.5) is 4.39 Å². The van der Waals surface area contributed by atoms with Gasteiger partial charge >= 0.3 is 0 Å². The lowest BCUT2D eigenvalue weighted by Gasteiger charge is -2.27. The van der Waals surface area contributed by atoms with Crippen molar-refractivity contribution in [1.29, 1.82) is 0 Å². The fourth-order valence-electron chi connectivity index (χ4n) is 1.85. The van der Waals surface area contributed by atoms with Gasteiger partial charge in [-0.1, -0.05) is 19.1 Å². The van der Waals surface area contributed by atoms with Crippen molar-refractivity contribution < 1.29 is 9.50 Å². The number of hydrogen-bond donors (Lipinski definition) is 1. The fourth-order valence-corrected chi connectivity index (χ4v) is 3.16. The fraction of sp³-hybridized carbons (Fsp3) is 0.455. The lowest BCUT2D eigenvalue weighted by Crippen LogP contribution is -2.31. The third-order valence-corrected chi connectivity index (χ3v) is 4.20. The second-order valence-electron chi connectivity index (χ2n) is 3.69. The van der Waals surface area contributed by atoms with Gasteiger partial charge in [-0.2, -0.15) is 11.8 Å². The van der Waals surface area contributed by atoms with Crippen molar-refractivity contribution in [3.8, 4) is 0 Å². The summed E-state index contributed by atoms with van der Waals surface area (Å²) in [7, 11) is 0. The van der Waals surface area contributed by atoms with Crippen molar-refractivity contribution in [1.82, 2.24) is 0 Å². The van der Waals surface area contributed by atoms with Crippen LogP contribution in [0.5, 0.6) is 0 Å². The van der Waals surface area contributed by atoms with Gasteiger partial charge in [-0.15, -0.1) is 0 Å². The molecule has 76 valence electrons. The number of rotatable bonds is 1. The molecule has 0 saturated carbocycles. The van der Waals surface area contributed by atoms with Crippen LogP contribution in [0, 0.1) is 5.82 Å². The van der Waals surface area contributed by atoms with Crippen LogP contribution in [0.2, 0.25) is 0 Å². The highest BCUT2D eigenvalue weighted by atomic mass is 32.2. The summed E-state index contributed by atoms with van der Waals surface area (Å²) in [5, 5.41) is 10.6. The molecule has 0 radical (unpaired) electrons. The molecule has 1 saturated heterocycles. The van der Waals surface area contributed by atoms with Gasteiger partial charge in [-0.3, -0.25) is 0 Å². The summed E-state index contributed by atoms with van der Waals surface area (Å²) in [6.45, 7) is 2.01. The van der Waals surface area contributed by atoms with Gasteiger partial charge in [0.05, 0.1) is 0 Å². The number of halogens is 1. The first-order valence-corrected chi connectivity index (χ1v) is 5.78. The molecule has 14 heavy (non-hydrogen) atoms. The Hall–Kier alpha value is -0.540. The third kappa shape index (κ3) is 1.55. The molecule has 0 bridgehead atoms. The Morgan fingerprint density at radius 1 is 1.43 bits per heavy atom. The van der Waals surface area contributed by atoms with Crippen LogP contribution in [0.25, 0.3) is 0 Å². The van der Waals surface area contributed by atoms with E-state index in [2.05, 4.69) is 0 Å². The maximum Gasteiger partial charge on any atom is 0.123 e. The lowest BCUT2D eigenvalue weighted by molar-refractivity contribution is 0.0426. The summed E-state index contributed by atoms with van der Waals surface area (Å²) in [4.78, 5) is 0. The monoisotopic (exact) mass is 212 g/mol. The molecule has 1 nitrogen and oxygen atoms in total. The van der Waals surface area contributed by atoms with E-state index in [0.717, 1.165) is 17.7 Å². The zero-order chi connectivity index (χ0) is 10.2. The SMILES string of the molecule is CC1SCCC1(O)c1ccc(F)cc1. The average Bonchev–Trinajstić information content (AvgIpc) is 2.49. The molecule has 3 heteroatoms. The van der Waals surface area contributed by atoms with E-state index in [4.69, 9.17) is 0 Å². The van der Waals surface area contributed by atoms with Gasteiger partial charge in [0.25, 0.3) is 0 Å². The van der Waals surface area contributed by atoms with Crippen molar-refractivity contribution in [2.75, 3.05) is 5.75 Å². The van der Waals surface area contributed by atoms with Crippen molar-refractivity contribution in [2.24, 2.45) is 0 Å². The highest BCUT2D eigenvalue weighted by Gasteiger charge is 2.40. The number of benzene rings is 1. The topological polar surface area (TPSA) is 20.2 Å². The minimum absolute atomic E-state index is 0.188. The first kappa shape index (κ1) is 9.99. The van der Waals surface area contributed by atoms with Gasteiger partial charge < -0.3 is 5.11 Å². The third-order valence-electron chi connectivity index (χ3n) is 2.87. The molecule has 0 aliphatic carbocycles. The maximum absolute atomic E-state index is 12.7. The van der Waals surface area contributed by atoms with Gasteiger partial charge in [-0.05, 0) is 29.9 Å². The Bertz CT molecular complexity index is 325. The van der Waals surface area contributed by atoms with Crippen LogP contribution >= 0.6 is 11.8 Å². The Morgan fingerprint density at radius 3 is 2.57 bits per heavy atom. The minimum Gasteiger partial charge on any atom is -0.384 e. The van der Waals surface area contributed by atoms with E-state index in [1.165, 1.54) is 12.1 Å². The zero-order valence-electron chi connectivity index (χ0n) is 8.03. The van der Waals surface area contributed by atoms with Crippen LogP contribution in [0.3, 0.4) is 0 Å². The smallest absolute Gasteiger partial charge is 0.123 e. The predicted octanol–water partition coefficient (Wildman–Crippen LogP) is 2.54. The molecule has 1 heterocycles. The Morgan fingerprint density at radius 2 is 2.07 bits per heavy atom. The standard InChI is InChI=1S/C11H13FOS/c1-8-11(13,6-7-14-8)9-2-4-10(12)5-3-9/h2-5,8,13H,6-7H2,1H3. The van der Waals surface area contributed by atoms with Crippen molar-refractivity contribution in [3.05, 3.63) is 35.6 Å². The zero-order valence-corrected chi connectivity index (χ0v) is 8.85. The Kier molecular flexibility index (Phi) is 2.54. The van der Waals surface area contributed by atoms with E-state index in [1.807, 2.05) is 6.92 Å². The molecule has 1 aromatic carbocycles. The summed E-state index contributed by atoms with van der Waals surface area (Å²) < 4.78 is 12.7. The van der Waals surface area contributed by atoms with Gasteiger partial charge in [0.2, 0.25) is 0 Å². The van der Waals surface area contributed by atoms with Gasteiger partial charge in [-0.25, -0.2) is 4.39 Å². The van der Waals surface area contributed by atoms with E-state index >= 15 is 0 Å². The molecule has 1 N–H and O–H groups in total. The van der Waals surface area contributed by atoms with Crippen molar-refractivity contribution in [2.45, 2.75) is 24.2 Å². The van der Waals surface area contributed by atoms with Crippen molar-refractivity contribution in [3.63, 3.8) is 0 Å². The Labute approximate surface area is 87.3 Å². The van der Waals surface area contributed by atoms with E-state index < -0.39 is 5.60 Å². The number of hydrogen-bond acceptors (Lipinski definition) is 2. The summed E-state index contributed by atoms with van der Waals surface area (Å²) in [6, 6.07) is 6.17. The van der Waals surface area contributed by atoms with Crippen molar-refractivity contribution >= 4 is 11.8 Å². The molecule has 0 amide bonds. The lowest BCUT2D eigenvalue weighted by atomic mass is 9.89. The molecule has 1 aliphatic heterocycles. The first-order valence-electron chi connectivity index (χ1n) is 4.73. The average molecular weight is 212 g/mol. The molecular formula is C11H13FOS. The summed E-state index contributed by atoms with van der Waals surface area (Å²) in [5.41, 5.74) is 0.0645. The van der Waals surface area contributed by atoms with Gasteiger partial charge in [0.1, 0.15) is 11.4 Å². The first-order chi connectivity index (χ1) is 6.63. The quantitative estimate of drug-likeness (QED) is 0.772. The normalized spacial score (nSPS) is 32.1. The van der Waals surface area contributed by atoms with Crippen LogP contribution < -0.4 is 0 Å². The number of aliphatic hydroxyl groups is 1. The van der Waals surface area contributed by atoms with E-state index in [0.29, 0.717) is 0 Å². The molecule has 2 atom stereocenters. The van der Waals surface area contributed by atoms with Gasteiger partial charge in [0.15, 0.2) is 0 Å². The molecule has 1 aliphatic rings. The molecule has 2 unspecified atom stereocenters. The second kappa shape index (κ2) is 3.55. The molecule has 1 fully saturated rings. The van der Waals surface area contributed by atoms with Crippen LogP contribution in [0.1, 0.15) is 18.9 Å². The Balaban J connectivity index is 2.34. The molecule has 0 spiro atoms. The summed E-state index contributed by atoms with van der Waals surface area (Å²) in [6.07, 6.45) is 0.754. The summed E-state index contributed by atoms with van der Waals surface area (Å²) >= 11 is 1.76. The second-order valence-corrected chi connectivity index (χ2v) is 5.14. The van der Waals surface area contributed by atoms with Crippen LogP contribution in [-0.2, 0) is 5.60 Å². The minimum atomic E-state index is -0.766. The molecular weight excluding hydrogens is 199 g/mol. The predicted molar refractivity (Wildman–Crippen MR) is 56.8 cm³/mol. The largest absolute Gasteiger partial charge is 0.384 e. The molecule has 0 aromatic heterocycles. The highest BCUT2D eigenvalue weighted by molar-refractivity contribution is 8.00. The van der Waals surface area contributed by atoms with E-state index in [-0.39, 0.29) is 11.1 Å². The van der Waals surface area contributed by atoms with E-state index in [1.54, 1.807) is 23.9 Å². The number of thioether (sulfide) groups is 1. The highest BCUT2D eigenvalue weighted by Crippen LogP contribution is 2.42.